The molecule has 1 N–H and O–H groups in total. The van der Waals surface area contributed by atoms with Crippen molar-refractivity contribution in [3.63, 3.8) is 0 Å². The van der Waals surface area contributed by atoms with Crippen molar-refractivity contribution in [3.05, 3.63) is 31.3 Å². The lowest BCUT2D eigenvalue weighted by Crippen LogP contribution is -2.33. The number of carbonyl (C=O) groups excluding carboxylic acids is 1. The van der Waals surface area contributed by atoms with Gasteiger partial charge in [-0.25, -0.2) is 0 Å². The Morgan fingerprint density at radius 1 is 1.29 bits per heavy atom. The molecular weight excluding hydrogens is 372 g/mol. The number of hydrogen-bond donors (Lipinski definition) is 1. The third kappa shape index (κ3) is 3.26. The molecule has 0 unspecified atom stereocenters. The third-order valence-corrected chi connectivity index (χ3v) is 4.93. The fraction of sp³-hybridized carbons (Fsp3) is 0.417. The Kier molecular flexibility index (Phi) is 4.55. The molecule has 17 heavy (non-hydrogen) atoms. The smallest absolute Gasteiger partial charge is 0.252 e. The third-order valence-electron chi connectivity index (χ3n) is 2.93. The van der Waals surface area contributed by atoms with E-state index in [-0.39, 0.29) is 5.91 Å². The molecule has 1 aliphatic carbocycles. The van der Waals surface area contributed by atoms with Crippen molar-refractivity contribution in [3.8, 4) is 0 Å². The van der Waals surface area contributed by atoms with E-state index in [4.69, 9.17) is 23.2 Å². The van der Waals surface area contributed by atoms with Gasteiger partial charge in [-0.2, -0.15) is 0 Å². The first-order valence-corrected chi connectivity index (χ1v) is 7.37. The highest BCUT2D eigenvalue weighted by molar-refractivity contribution is 14.1. The van der Waals surface area contributed by atoms with Gasteiger partial charge in [0.2, 0.25) is 0 Å². The van der Waals surface area contributed by atoms with Crippen LogP contribution in [0.1, 0.15) is 36.0 Å². The van der Waals surface area contributed by atoms with Crippen LogP contribution in [0.3, 0.4) is 0 Å². The van der Waals surface area contributed by atoms with Crippen molar-refractivity contribution in [2.24, 2.45) is 0 Å². The average molecular weight is 384 g/mol. The molecule has 1 aromatic carbocycles. The van der Waals surface area contributed by atoms with Crippen LogP contribution in [-0.4, -0.2) is 11.9 Å². The fourth-order valence-corrected chi connectivity index (χ4v) is 3.10. The van der Waals surface area contributed by atoms with E-state index in [1.807, 2.05) is 0 Å². The Bertz CT molecular complexity index is 444. The summed E-state index contributed by atoms with van der Waals surface area (Å²) in [5.41, 5.74) is 0.565. The first-order chi connectivity index (χ1) is 8.08. The number of halogens is 3. The first-order valence-electron chi connectivity index (χ1n) is 5.53. The standard InChI is InChI=1S/C12H12Cl2INO/c13-7-5-9(11(15)10(14)6-7)12(17)16-8-3-1-2-4-8/h5-6,8H,1-4H2,(H,16,17). The quantitative estimate of drug-likeness (QED) is 0.599. The molecule has 0 radical (unpaired) electrons. The minimum absolute atomic E-state index is 0.0781. The number of amides is 1. The van der Waals surface area contributed by atoms with Crippen molar-refractivity contribution in [1.82, 2.24) is 5.32 Å². The van der Waals surface area contributed by atoms with E-state index in [9.17, 15) is 4.79 Å². The maximum Gasteiger partial charge on any atom is 0.252 e. The molecule has 0 heterocycles. The molecule has 1 saturated carbocycles. The molecule has 0 spiro atoms. The summed E-state index contributed by atoms with van der Waals surface area (Å²) in [6, 6.07) is 3.62. The Morgan fingerprint density at radius 3 is 2.59 bits per heavy atom. The highest BCUT2D eigenvalue weighted by Crippen LogP contribution is 2.27. The molecule has 1 aromatic rings. The van der Waals surface area contributed by atoms with E-state index in [0.717, 1.165) is 16.4 Å². The zero-order chi connectivity index (χ0) is 12.4. The molecule has 2 rings (SSSR count). The largest absolute Gasteiger partial charge is 0.349 e. The summed E-state index contributed by atoms with van der Waals surface area (Å²) in [5, 5.41) is 4.04. The normalized spacial score (nSPS) is 16.2. The molecule has 0 bridgehead atoms. The number of rotatable bonds is 2. The second kappa shape index (κ2) is 5.76. The van der Waals surface area contributed by atoms with Crippen LogP contribution in [0, 0.1) is 3.57 Å². The van der Waals surface area contributed by atoms with Gasteiger partial charge in [0.05, 0.1) is 10.6 Å². The predicted octanol–water partition coefficient (Wildman–Crippen LogP) is 4.27. The monoisotopic (exact) mass is 383 g/mol. The highest BCUT2D eigenvalue weighted by Gasteiger charge is 2.20. The van der Waals surface area contributed by atoms with Crippen LogP contribution < -0.4 is 5.32 Å². The maximum absolute atomic E-state index is 12.1. The van der Waals surface area contributed by atoms with Gasteiger partial charge < -0.3 is 5.32 Å². The molecule has 0 saturated heterocycles. The Morgan fingerprint density at radius 2 is 1.94 bits per heavy atom. The second-order valence-corrected chi connectivity index (χ2v) is 6.13. The molecule has 92 valence electrons. The van der Waals surface area contributed by atoms with Crippen LogP contribution in [-0.2, 0) is 0 Å². The minimum atomic E-state index is -0.0781. The van der Waals surface area contributed by atoms with E-state index >= 15 is 0 Å². The van der Waals surface area contributed by atoms with Crippen LogP contribution in [0.4, 0.5) is 0 Å². The number of nitrogens with one attached hydrogen (secondary N) is 1. The number of hydrogen-bond acceptors (Lipinski definition) is 1. The van der Waals surface area contributed by atoms with Crippen molar-refractivity contribution < 1.29 is 4.79 Å². The Hall–Kier alpha value is -0.000000000000000111. The van der Waals surface area contributed by atoms with E-state index < -0.39 is 0 Å². The summed E-state index contributed by atoms with van der Waals surface area (Å²) in [5.74, 6) is -0.0781. The van der Waals surface area contributed by atoms with E-state index in [1.54, 1.807) is 12.1 Å². The Labute approximate surface area is 124 Å². The summed E-state index contributed by atoms with van der Waals surface area (Å²) in [6.07, 6.45) is 4.52. The van der Waals surface area contributed by atoms with Gasteiger partial charge in [0.1, 0.15) is 0 Å². The lowest BCUT2D eigenvalue weighted by Gasteiger charge is -2.13. The lowest BCUT2D eigenvalue weighted by atomic mass is 10.2. The average Bonchev–Trinajstić information content (AvgIpc) is 2.76. The van der Waals surface area contributed by atoms with E-state index in [2.05, 4.69) is 27.9 Å². The molecule has 5 heteroatoms. The minimum Gasteiger partial charge on any atom is -0.349 e. The van der Waals surface area contributed by atoms with Crippen LogP contribution in [0.25, 0.3) is 0 Å². The molecule has 2 nitrogen and oxygen atoms in total. The van der Waals surface area contributed by atoms with Gasteiger partial charge in [-0.05, 0) is 47.6 Å². The molecular formula is C12H12Cl2INO. The predicted molar refractivity (Wildman–Crippen MR) is 78.9 cm³/mol. The van der Waals surface area contributed by atoms with Crippen LogP contribution in [0.15, 0.2) is 12.1 Å². The highest BCUT2D eigenvalue weighted by atomic mass is 127. The zero-order valence-electron chi connectivity index (χ0n) is 9.10. The van der Waals surface area contributed by atoms with E-state index in [0.29, 0.717) is 21.7 Å². The second-order valence-electron chi connectivity index (χ2n) is 4.20. The maximum atomic E-state index is 12.1. The van der Waals surface area contributed by atoms with E-state index in [1.165, 1.54) is 12.8 Å². The summed E-state index contributed by atoms with van der Waals surface area (Å²) >= 11 is 14.0. The van der Waals surface area contributed by atoms with Crippen molar-refractivity contribution in [2.75, 3.05) is 0 Å². The van der Waals surface area contributed by atoms with Crippen molar-refractivity contribution in [1.29, 1.82) is 0 Å². The van der Waals surface area contributed by atoms with Gasteiger partial charge in [0, 0.05) is 14.6 Å². The molecule has 1 fully saturated rings. The van der Waals surface area contributed by atoms with Gasteiger partial charge in [0.15, 0.2) is 0 Å². The van der Waals surface area contributed by atoms with Gasteiger partial charge in [-0.1, -0.05) is 36.0 Å². The van der Waals surface area contributed by atoms with Gasteiger partial charge in [-0.3, -0.25) is 4.79 Å². The fourth-order valence-electron chi connectivity index (χ4n) is 2.05. The summed E-state index contributed by atoms with van der Waals surface area (Å²) in [6.45, 7) is 0. The van der Waals surface area contributed by atoms with Gasteiger partial charge in [-0.15, -0.1) is 0 Å². The van der Waals surface area contributed by atoms with Gasteiger partial charge >= 0.3 is 0 Å². The summed E-state index contributed by atoms with van der Waals surface area (Å²) < 4.78 is 0.754. The molecule has 0 atom stereocenters. The topological polar surface area (TPSA) is 29.1 Å². The Balaban J connectivity index is 2.18. The molecule has 0 aromatic heterocycles. The summed E-state index contributed by atoms with van der Waals surface area (Å²) in [4.78, 5) is 12.1. The van der Waals surface area contributed by atoms with Crippen LogP contribution in [0.2, 0.25) is 10.0 Å². The SMILES string of the molecule is O=C(NC1CCCC1)c1cc(Cl)cc(Cl)c1I. The van der Waals surface area contributed by atoms with Gasteiger partial charge in [0.25, 0.3) is 5.91 Å². The van der Waals surface area contributed by atoms with Crippen LogP contribution >= 0.6 is 45.8 Å². The number of benzene rings is 1. The van der Waals surface area contributed by atoms with Crippen molar-refractivity contribution in [2.45, 2.75) is 31.7 Å². The molecule has 1 amide bonds. The van der Waals surface area contributed by atoms with Crippen molar-refractivity contribution >= 4 is 51.7 Å². The van der Waals surface area contributed by atoms with Crippen LogP contribution in [0.5, 0.6) is 0 Å². The summed E-state index contributed by atoms with van der Waals surface area (Å²) in [7, 11) is 0. The lowest BCUT2D eigenvalue weighted by molar-refractivity contribution is 0.0937. The molecule has 0 aliphatic heterocycles. The number of carbonyl (C=O) groups is 1. The zero-order valence-corrected chi connectivity index (χ0v) is 12.8. The first kappa shape index (κ1) is 13.4. The molecule has 1 aliphatic rings.